The molecule has 0 aliphatic heterocycles. The summed E-state index contributed by atoms with van der Waals surface area (Å²) >= 11 is 0. The zero-order chi connectivity index (χ0) is 7.59. The molecule has 0 aromatic heterocycles. The Labute approximate surface area is 69.4 Å². The summed E-state index contributed by atoms with van der Waals surface area (Å²) in [5.41, 5.74) is 0. The molecule has 3 saturated carbocycles. The van der Waals surface area contributed by atoms with E-state index in [1.54, 1.807) is 19.3 Å². The van der Waals surface area contributed by atoms with Gasteiger partial charge >= 0.3 is 0 Å². The monoisotopic (exact) mass is 150 g/mol. The van der Waals surface area contributed by atoms with Gasteiger partial charge in [-0.2, -0.15) is 0 Å². The van der Waals surface area contributed by atoms with Crippen LogP contribution in [0.5, 0.6) is 0 Å². The minimum Gasteiger partial charge on any atom is -0.0620 e. The van der Waals surface area contributed by atoms with Crippen molar-refractivity contribution in [3.63, 3.8) is 0 Å². The molecular formula is C11H18. The van der Waals surface area contributed by atoms with Gasteiger partial charge in [0.2, 0.25) is 0 Å². The second kappa shape index (κ2) is 1.84. The van der Waals surface area contributed by atoms with Crippen LogP contribution in [-0.2, 0) is 0 Å². The third-order valence-electron chi connectivity index (χ3n) is 5.09. The highest BCUT2D eigenvalue weighted by Crippen LogP contribution is 2.65. The molecule has 2 bridgehead atoms. The maximum absolute atomic E-state index is 2.48. The molecule has 0 heteroatoms. The number of hydrogen-bond donors (Lipinski definition) is 0. The van der Waals surface area contributed by atoms with Crippen molar-refractivity contribution in [3.8, 4) is 0 Å². The predicted octanol–water partition coefficient (Wildman–Crippen LogP) is 2.93. The van der Waals surface area contributed by atoms with Crippen molar-refractivity contribution in [1.29, 1.82) is 0 Å². The van der Waals surface area contributed by atoms with Gasteiger partial charge in [0.25, 0.3) is 0 Å². The number of fused-ring (bicyclic) bond motifs is 5. The number of hydrogen-bond acceptors (Lipinski definition) is 0. The van der Waals surface area contributed by atoms with Crippen LogP contribution in [0.1, 0.15) is 33.1 Å². The minimum absolute atomic E-state index is 1.07. The van der Waals surface area contributed by atoms with Gasteiger partial charge in [0.15, 0.2) is 0 Å². The van der Waals surface area contributed by atoms with E-state index in [1.165, 1.54) is 11.8 Å². The number of rotatable bonds is 0. The predicted molar refractivity (Wildman–Crippen MR) is 46.1 cm³/mol. The second-order valence-electron chi connectivity index (χ2n) is 5.21. The summed E-state index contributed by atoms with van der Waals surface area (Å²) in [5, 5.41) is 0. The van der Waals surface area contributed by atoms with E-state index in [-0.39, 0.29) is 0 Å². The van der Waals surface area contributed by atoms with Gasteiger partial charge < -0.3 is 0 Å². The van der Waals surface area contributed by atoms with Crippen LogP contribution >= 0.6 is 0 Å². The van der Waals surface area contributed by atoms with Crippen LogP contribution in [0, 0.1) is 35.5 Å². The van der Waals surface area contributed by atoms with Crippen molar-refractivity contribution in [2.24, 2.45) is 35.5 Å². The van der Waals surface area contributed by atoms with E-state index in [0.29, 0.717) is 0 Å². The smallest absolute Gasteiger partial charge is 0.0324 e. The van der Waals surface area contributed by atoms with Crippen molar-refractivity contribution < 1.29 is 0 Å². The Morgan fingerprint density at radius 2 is 1.27 bits per heavy atom. The Hall–Kier alpha value is 0. The van der Waals surface area contributed by atoms with Gasteiger partial charge in [-0.3, -0.25) is 0 Å². The topological polar surface area (TPSA) is 0 Å². The summed E-state index contributed by atoms with van der Waals surface area (Å²) in [6.45, 7) is 4.96. The zero-order valence-electron chi connectivity index (χ0n) is 7.59. The van der Waals surface area contributed by atoms with Crippen molar-refractivity contribution in [2.75, 3.05) is 0 Å². The summed E-state index contributed by atoms with van der Waals surface area (Å²) in [4.78, 5) is 0. The largest absolute Gasteiger partial charge is 0.0620 e. The molecule has 3 aliphatic rings. The molecule has 11 heavy (non-hydrogen) atoms. The fraction of sp³-hybridized carbons (Fsp3) is 1.00. The molecule has 3 rings (SSSR count). The molecule has 0 spiro atoms. The Kier molecular flexibility index (Phi) is 1.09. The molecule has 0 aromatic carbocycles. The van der Waals surface area contributed by atoms with E-state index in [0.717, 1.165) is 23.7 Å². The molecule has 0 radical (unpaired) electrons. The Morgan fingerprint density at radius 1 is 0.818 bits per heavy atom. The van der Waals surface area contributed by atoms with Gasteiger partial charge in [-0.15, -0.1) is 0 Å². The first-order valence-electron chi connectivity index (χ1n) is 5.29. The molecule has 0 nitrogen and oxygen atoms in total. The summed E-state index contributed by atoms with van der Waals surface area (Å²) in [6, 6.07) is 0. The highest BCUT2D eigenvalue weighted by atomic mass is 14.6. The van der Waals surface area contributed by atoms with Crippen LogP contribution in [-0.4, -0.2) is 0 Å². The van der Waals surface area contributed by atoms with Gasteiger partial charge in [0.05, 0.1) is 0 Å². The van der Waals surface area contributed by atoms with Gasteiger partial charge in [-0.1, -0.05) is 13.8 Å². The fourth-order valence-corrected chi connectivity index (χ4v) is 4.50. The molecule has 6 atom stereocenters. The molecule has 0 N–H and O–H groups in total. The normalized spacial score (nSPS) is 66.0. The van der Waals surface area contributed by atoms with Crippen LogP contribution in [0.4, 0.5) is 0 Å². The lowest BCUT2D eigenvalue weighted by molar-refractivity contribution is -0.0390. The van der Waals surface area contributed by atoms with Crippen LogP contribution in [0.2, 0.25) is 0 Å². The zero-order valence-corrected chi connectivity index (χ0v) is 7.59. The molecule has 0 unspecified atom stereocenters. The van der Waals surface area contributed by atoms with Crippen molar-refractivity contribution in [2.45, 2.75) is 33.1 Å². The summed E-state index contributed by atoms with van der Waals surface area (Å²) < 4.78 is 0. The second-order valence-corrected chi connectivity index (χ2v) is 5.21. The maximum Gasteiger partial charge on any atom is -0.0324 e. The van der Waals surface area contributed by atoms with Crippen LogP contribution in [0.15, 0.2) is 0 Å². The average molecular weight is 150 g/mol. The minimum atomic E-state index is 1.07. The third kappa shape index (κ3) is 0.588. The van der Waals surface area contributed by atoms with Gasteiger partial charge in [0, 0.05) is 0 Å². The quantitative estimate of drug-likeness (QED) is 0.498. The highest BCUT2D eigenvalue weighted by Gasteiger charge is 2.59. The molecule has 0 aromatic rings. The van der Waals surface area contributed by atoms with Crippen molar-refractivity contribution in [3.05, 3.63) is 0 Å². The maximum atomic E-state index is 2.48. The van der Waals surface area contributed by atoms with E-state index in [1.807, 2.05) is 0 Å². The lowest BCUT2D eigenvalue weighted by Crippen LogP contribution is -2.46. The van der Waals surface area contributed by atoms with Crippen molar-refractivity contribution in [1.82, 2.24) is 0 Å². The third-order valence-corrected chi connectivity index (χ3v) is 5.09. The SMILES string of the molecule is C[C@@H]1[C@H](C)[C@@H]2[C@H]3CC[C@H](C3)[C@H]12. The molecule has 62 valence electrons. The van der Waals surface area contributed by atoms with E-state index < -0.39 is 0 Å². The van der Waals surface area contributed by atoms with Crippen LogP contribution in [0.3, 0.4) is 0 Å². The van der Waals surface area contributed by atoms with Gasteiger partial charge in [-0.25, -0.2) is 0 Å². The molecule has 0 amide bonds. The Morgan fingerprint density at radius 3 is 1.73 bits per heavy atom. The summed E-state index contributed by atoms with van der Waals surface area (Å²) in [7, 11) is 0. The fourth-order valence-electron chi connectivity index (χ4n) is 4.50. The first-order chi connectivity index (χ1) is 5.29. The van der Waals surface area contributed by atoms with E-state index in [9.17, 15) is 0 Å². The Balaban J connectivity index is 1.89. The van der Waals surface area contributed by atoms with Gasteiger partial charge in [0.1, 0.15) is 0 Å². The average Bonchev–Trinajstić information content (AvgIpc) is 2.58. The van der Waals surface area contributed by atoms with Crippen LogP contribution in [0.25, 0.3) is 0 Å². The standard InChI is InChI=1S/C11H18/c1-6-7(2)11-9-4-3-8(5-9)10(6)11/h6-11H,3-5H2,1-2H3/t6-,7+,8-,9+,10+,11-. The highest BCUT2D eigenvalue weighted by molar-refractivity contribution is 5.07. The first-order valence-corrected chi connectivity index (χ1v) is 5.29. The molecule has 3 fully saturated rings. The van der Waals surface area contributed by atoms with Gasteiger partial charge in [-0.05, 0) is 54.8 Å². The summed E-state index contributed by atoms with van der Waals surface area (Å²) in [5.74, 6) is 6.80. The Bertz CT molecular complexity index is 164. The lowest BCUT2D eigenvalue weighted by Gasteiger charge is -2.52. The van der Waals surface area contributed by atoms with E-state index in [4.69, 9.17) is 0 Å². The lowest BCUT2D eigenvalue weighted by atomic mass is 9.53. The molecular weight excluding hydrogens is 132 g/mol. The van der Waals surface area contributed by atoms with Crippen LogP contribution < -0.4 is 0 Å². The van der Waals surface area contributed by atoms with E-state index in [2.05, 4.69) is 13.8 Å². The first kappa shape index (κ1) is 6.51. The molecule has 0 saturated heterocycles. The molecule has 3 aliphatic carbocycles. The van der Waals surface area contributed by atoms with E-state index >= 15 is 0 Å². The molecule has 0 heterocycles. The van der Waals surface area contributed by atoms with Crippen molar-refractivity contribution >= 4 is 0 Å². The summed E-state index contributed by atoms with van der Waals surface area (Å²) in [6.07, 6.45) is 4.75.